The Balaban J connectivity index is 1.72. The first-order chi connectivity index (χ1) is 13.0. The maximum absolute atomic E-state index is 13.5. The summed E-state index contributed by atoms with van der Waals surface area (Å²) in [4.78, 5) is 13.3. The molecule has 5 nitrogen and oxygen atoms in total. The number of imidazole rings is 1. The van der Waals surface area contributed by atoms with Crippen LogP contribution in [-0.2, 0) is 6.54 Å². The van der Waals surface area contributed by atoms with Crippen molar-refractivity contribution in [2.45, 2.75) is 20.4 Å². The predicted octanol–water partition coefficient (Wildman–Crippen LogP) is 5.36. The largest absolute Gasteiger partial charge is 0.338 e. The Hall–Kier alpha value is -2.99. The fourth-order valence-corrected chi connectivity index (χ4v) is 3.19. The van der Waals surface area contributed by atoms with Crippen molar-refractivity contribution in [2.75, 3.05) is 5.32 Å². The van der Waals surface area contributed by atoms with Crippen molar-refractivity contribution < 1.29 is 4.39 Å². The highest BCUT2D eigenvalue weighted by molar-refractivity contribution is 6.33. The molecule has 0 saturated heterocycles. The number of fused-ring (bicyclic) bond motifs is 1. The molecule has 0 amide bonds. The molecule has 4 rings (SSSR count). The number of hydrogen-bond donors (Lipinski definition) is 1. The van der Waals surface area contributed by atoms with Crippen LogP contribution in [0.25, 0.3) is 22.4 Å². The van der Waals surface area contributed by atoms with Gasteiger partial charge in [0, 0.05) is 30.1 Å². The predicted molar refractivity (Wildman–Crippen MR) is 106 cm³/mol. The Morgan fingerprint density at radius 1 is 1.11 bits per heavy atom. The smallest absolute Gasteiger partial charge is 0.149 e. The zero-order valence-electron chi connectivity index (χ0n) is 14.9. The van der Waals surface area contributed by atoms with Gasteiger partial charge in [-0.25, -0.2) is 14.4 Å². The van der Waals surface area contributed by atoms with Gasteiger partial charge >= 0.3 is 0 Å². The van der Waals surface area contributed by atoms with Crippen LogP contribution in [0.2, 0.25) is 5.02 Å². The molecule has 7 heteroatoms. The molecule has 0 atom stereocenters. The molecule has 0 bridgehead atoms. The van der Waals surface area contributed by atoms with Gasteiger partial charge in [0.05, 0.1) is 27.9 Å². The Kier molecular flexibility index (Phi) is 4.49. The minimum atomic E-state index is -0.308. The van der Waals surface area contributed by atoms with Gasteiger partial charge in [-0.1, -0.05) is 11.6 Å². The fraction of sp³-hybridized carbons (Fsp3) is 0.150. The van der Waals surface area contributed by atoms with E-state index in [0.717, 1.165) is 22.5 Å². The second-order valence-electron chi connectivity index (χ2n) is 6.18. The van der Waals surface area contributed by atoms with E-state index in [0.29, 0.717) is 28.7 Å². The van der Waals surface area contributed by atoms with Gasteiger partial charge in [-0.15, -0.1) is 0 Å². The molecule has 27 heavy (non-hydrogen) atoms. The van der Waals surface area contributed by atoms with Crippen molar-refractivity contribution in [2.24, 2.45) is 0 Å². The summed E-state index contributed by atoms with van der Waals surface area (Å²) in [6, 6.07) is 10.2. The Labute approximate surface area is 160 Å². The summed E-state index contributed by atoms with van der Waals surface area (Å²) in [6.45, 7) is 4.64. The summed E-state index contributed by atoms with van der Waals surface area (Å²) >= 11 is 6.44. The first-order valence-electron chi connectivity index (χ1n) is 8.56. The molecule has 0 unspecified atom stereocenters. The number of halogens is 2. The molecule has 1 aromatic carbocycles. The molecule has 3 aromatic heterocycles. The molecule has 3 heterocycles. The van der Waals surface area contributed by atoms with Gasteiger partial charge in [0.25, 0.3) is 0 Å². The van der Waals surface area contributed by atoms with Gasteiger partial charge in [-0.05, 0) is 44.2 Å². The summed E-state index contributed by atoms with van der Waals surface area (Å²) < 4.78 is 15.5. The molecule has 0 saturated carbocycles. The molecule has 1 N–H and O–H groups in total. The summed E-state index contributed by atoms with van der Waals surface area (Å²) in [5, 5.41) is 3.63. The van der Waals surface area contributed by atoms with Crippen LogP contribution < -0.4 is 5.32 Å². The number of nitrogens with one attached hydrogen (secondary N) is 1. The zero-order valence-corrected chi connectivity index (χ0v) is 15.6. The van der Waals surface area contributed by atoms with Gasteiger partial charge in [0.15, 0.2) is 0 Å². The maximum Gasteiger partial charge on any atom is 0.149 e. The third-order valence-corrected chi connectivity index (χ3v) is 4.59. The van der Waals surface area contributed by atoms with E-state index in [1.807, 2.05) is 36.6 Å². The third kappa shape index (κ3) is 3.36. The van der Waals surface area contributed by atoms with E-state index in [9.17, 15) is 4.39 Å². The van der Waals surface area contributed by atoms with Crippen LogP contribution in [0.3, 0.4) is 0 Å². The van der Waals surface area contributed by atoms with E-state index in [2.05, 4.69) is 20.3 Å². The molecule has 4 aromatic rings. The zero-order chi connectivity index (χ0) is 19.0. The molecule has 0 radical (unpaired) electrons. The van der Waals surface area contributed by atoms with Crippen molar-refractivity contribution in [3.63, 3.8) is 0 Å². The Bertz CT molecular complexity index is 1120. The van der Waals surface area contributed by atoms with Crippen molar-refractivity contribution in [3.8, 4) is 11.4 Å². The highest BCUT2D eigenvalue weighted by atomic mass is 35.5. The van der Waals surface area contributed by atoms with Gasteiger partial charge in [0.1, 0.15) is 17.5 Å². The lowest BCUT2D eigenvalue weighted by molar-refractivity contribution is 0.629. The van der Waals surface area contributed by atoms with Crippen molar-refractivity contribution in [3.05, 3.63) is 65.3 Å². The molecule has 136 valence electrons. The average Bonchev–Trinajstić information content (AvgIpc) is 3.02. The highest BCUT2D eigenvalue weighted by Gasteiger charge is 2.14. The highest BCUT2D eigenvalue weighted by Crippen LogP contribution is 2.30. The van der Waals surface area contributed by atoms with Crippen molar-refractivity contribution in [1.82, 2.24) is 19.5 Å². The number of hydrogen-bond acceptors (Lipinski definition) is 4. The van der Waals surface area contributed by atoms with E-state index in [4.69, 9.17) is 11.6 Å². The average molecular weight is 382 g/mol. The first kappa shape index (κ1) is 17.4. The van der Waals surface area contributed by atoms with Gasteiger partial charge in [0.2, 0.25) is 0 Å². The fourth-order valence-electron chi connectivity index (χ4n) is 2.97. The van der Waals surface area contributed by atoms with Gasteiger partial charge < -0.3 is 9.88 Å². The van der Waals surface area contributed by atoms with E-state index < -0.39 is 0 Å². The minimum Gasteiger partial charge on any atom is -0.338 e. The number of anilines is 2. The molecule has 0 aliphatic rings. The summed E-state index contributed by atoms with van der Waals surface area (Å²) in [6.07, 6.45) is 3.44. The molecular weight excluding hydrogens is 365 g/mol. The maximum atomic E-state index is 13.5. The lowest BCUT2D eigenvalue weighted by atomic mass is 10.2. The van der Waals surface area contributed by atoms with Crippen LogP contribution in [0, 0.1) is 12.7 Å². The van der Waals surface area contributed by atoms with Gasteiger partial charge in [-0.2, -0.15) is 0 Å². The first-order valence-corrected chi connectivity index (χ1v) is 8.94. The lowest BCUT2D eigenvalue weighted by Gasteiger charge is -2.10. The molecule has 0 spiro atoms. The van der Waals surface area contributed by atoms with Crippen molar-refractivity contribution >= 4 is 34.1 Å². The Morgan fingerprint density at radius 2 is 1.96 bits per heavy atom. The van der Waals surface area contributed by atoms with E-state index in [1.165, 1.54) is 12.1 Å². The van der Waals surface area contributed by atoms with E-state index >= 15 is 0 Å². The number of aromatic nitrogens is 4. The van der Waals surface area contributed by atoms with Crippen LogP contribution in [0.15, 0.2) is 48.8 Å². The third-order valence-electron chi connectivity index (χ3n) is 4.30. The van der Waals surface area contributed by atoms with Crippen LogP contribution >= 0.6 is 11.6 Å². The molecule has 0 aliphatic carbocycles. The summed E-state index contributed by atoms with van der Waals surface area (Å²) in [5.41, 5.74) is 3.99. The van der Waals surface area contributed by atoms with Crippen LogP contribution in [0.4, 0.5) is 15.9 Å². The summed E-state index contributed by atoms with van der Waals surface area (Å²) in [7, 11) is 0. The van der Waals surface area contributed by atoms with E-state index in [-0.39, 0.29) is 5.82 Å². The number of pyridine rings is 2. The SMILES string of the molecule is CCn1c(-c2cnc(Nc3ccc(C)nc3)c(Cl)c2)nc2cc(F)ccc21. The summed E-state index contributed by atoms with van der Waals surface area (Å²) in [5.74, 6) is 0.935. The van der Waals surface area contributed by atoms with Crippen LogP contribution in [-0.4, -0.2) is 19.5 Å². The lowest BCUT2D eigenvalue weighted by Crippen LogP contribution is -2.00. The molecule has 0 aliphatic heterocycles. The van der Waals surface area contributed by atoms with Gasteiger partial charge in [-0.3, -0.25) is 4.98 Å². The number of benzene rings is 1. The normalized spacial score (nSPS) is 11.1. The van der Waals surface area contributed by atoms with E-state index in [1.54, 1.807) is 18.5 Å². The minimum absolute atomic E-state index is 0.308. The topological polar surface area (TPSA) is 55.6 Å². The molecule has 0 fully saturated rings. The standard InChI is InChI=1S/C20H17ClFN5/c1-3-27-18-7-5-14(22)9-17(18)26-20(27)13-8-16(21)19(24-10-13)25-15-6-4-12(2)23-11-15/h4-11H,3H2,1-2H3,(H,24,25). The number of aryl methyl sites for hydroxylation is 2. The Morgan fingerprint density at radius 3 is 2.67 bits per heavy atom. The quantitative estimate of drug-likeness (QED) is 0.517. The van der Waals surface area contributed by atoms with Crippen LogP contribution in [0.1, 0.15) is 12.6 Å². The number of rotatable bonds is 4. The monoisotopic (exact) mass is 381 g/mol. The van der Waals surface area contributed by atoms with Crippen molar-refractivity contribution in [1.29, 1.82) is 0 Å². The second-order valence-corrected chi connectivity index (χ2v) is 6.59. The number of nitrogens with zero attached hydrogens (tertiary/aromatic N) is 4. The second kappa shape index (κ2) is 6.96. The molecular formula is C20H17ClFN5. The van der Waals surface area contributed by atoms with Crippen LogP contribution in [0.5, 0.6) is 0 Å².